The first-order chi connectivity index (χ1) is 19.7. The Morgan fingerprint density at radius 1 is 0.600 bits per heavy atom. The summed E-state index contributed by atoms with van der Waals surface area (Å²) < 4.78 is 6.21. The highest BCUT2D eigenvalue weighted by Gasteiger charge is 2.24. The summed E-state index contributed by atoms with van der Waals surface area (Å²) in [5.41, 5.74) is 9.82. The van der Waals surface area contributed by atoms with Gasteiger partial charge in [0.05, 0.1) is 5.56 Å². The SMILES string of the molecule is Cc1[nH]c2ccccc2c1-c1nnc(-c2ccc(C(c3c[nH]c4ccccc34)c3c[nH]c4ccccc34)cc2)o1. The third-order valence-corrected chi connectivity index (χ3v) is 7.89. The van der Waals surface area contributed by atoms with Crippen molar-refractivity contribution >= 4 is 32.7 Å². The number of para-hydroxylation sites is 3. The lowest BCUT2D eigenvalue weighted by molar-refractivity contribution is 0.584. The summed E-state index contributed by atoms with van der Waals surface area (Å²) in [6.45, 7) is 2.03. The van der Waals surface area contributed by atoms with Crippen LogP contribution >= 0.6 is 0 Å². The number of aryl methyl sites for hydroxylation is 1. The highest BCUT2D eigenvalue weighted by molar-refractivity contribution is 5.95. The van der Waals surface area contributed by atoms with E-state index in [1.54, 1.807) is 0 Å². The summed E-state index contributed by atoms with van der Waals surface area (Å²) in [4.78, 5) is 10.4. The van der Waals surface area contributed by atoms with Gasteiger partial charge in [-0.15, -0.1) is 10.2 Å². The zero-order valence-electron chi connectivity index (χ0n) is 21.8. The van der Waals surface area contributed by atoms with Crippen molar-refractivity contribution < 1.29 is 4.42 Å². The van der Waals surface area contributed by atoms with Crippen LogP contribution in [0.25, 0.3) is 55.6 Å². The molecule has 0 saturated carbocycles. The van der Waals surface area contributed by atoms with E-state index in [1.807, 2.05) is 19.1 Å². The number of benzene rings is 4. The van der Waals surface area contributed by atoms with Crippen molar-refractivity contribution in [3.8, 4) is 22.9 Å². The normalized spacial score (nSPS) is 11.8. The van der Waals surface area contributed by atoms with Crippen molar-refractivity contribution in [3.05, 3.63) is 132 Å². The summed E-state index contributed by atoms with van der Waals surface area (Å²) in [7, 11) is 0. The topological polar surface area (TPSA) is 86.3 Å². The molecule has 0 spiro atoms. The minimum Gasteiger partial charge on any atom is -0.416 e. The molecule has 4 heterocycles. The lowest BCUT2D eigenvalue weighted by atomic mass is 9.84. The van der Waals surface area contributed by atoms with Gasteiger partial charge in [-0.05, 0) is 53.9 Å². The average molecular weight is 520 g/mol. The Labute approximate surface area is 229 Å². The molecule has 192 valence electrons. The van der Waals surface area contributed by atoms with Gasteiger partial charge in [0.25, 0.3) is 5.89 Å². The molecular formula is C34H25N5O. The molecule has 3 N–H and O–H groups in total. The van der Waals surface area contributed by atoms with E-state index in [2.05, 4.69) is 122 Å². The molecular weight excluding hydrogens is 494 g/mol. The Bertz CT molecular complexity index is 2070. The number of H-pyrrole nitrogens is 3. The van der Waals surface area contributed by atoms with Crippen LogP contribution in [0.1, 0.15) is 28.3 Å². The Hall–Kier alpha value is -5.36. The zero-order valence-corrected chi connectivity index (χ0v) is 21.8. The monoisotopic (exact) mass is 519 g/mol. The Morgan fingerprint density at radius 2 is 1.15 bits per heavy atom. The molecule has 0 aliphatic heterocycles. The van der Waals surface area contributed by atoms with Gasteiger partial charge >= 0.3 is 0 Å². The summed E-state index contributed by atoms with van der Waals surface area (Å²) in [5, 5.41) is 12.3. The molecule has 0 aliphatic rings. The number of hydrogen-bond donors (Lipinski definition) is 3. The second-order valence-corrected chi connectivity index (χ2v) is 10.2. The largest absolute Gasteiger partial charge is 0.416 e. The molecule has 0 aliphatic carbocycles. The predicted octanol–water partition coefficient (Wildman–Crippen LogP) is 8.34. The van der Waals surface area contributed by atoms with Crippen LogP contribution in [0.2, 0.25) is 0 Å². The van der Waals surface area contributed by atoms with Crippen molar-refractivity contribution in [2.75, 3.05) is 0 Å². The zero-order chi connectivity index (χ0) is 26.6. The van der Waals surface area contributed by atoms with Crippen molar-refractivity contribution in [2.24, 2.45) is 0 Å². The van der Waals surface area contributed by atoms with Gasteiger partial charge in [0.1, 0.15) is 0 Å². The molecule has 0 saturated heterocycles. The van der Waals surface area contributed by atoms with E-state index in [0.717, 1.165) is 38.8 Å². The number of fused-ring (bicyclic) bond motifs is 3. The first-order valence-electron chi connectivity index (χ1n) is 13.4. The Kier molecular flexibility index (Phi) is 5.00. The van der Waals surface area contributed by atoms with Crippen LogP contribution in [0.3, 0.4) is 0 Å². The van der Waals surface area contributed by atoms with Gasteiger partial charge in [-0.3, -0.25) is 0 Å². The fraction of sp³-hybridized carbons (Fsp3) is 0.0588. The summed E-state index contributed by atoms with van der Waals surface area (Å²) in [5.74, 6) is 1.06. The molecule has 6 heteroatoms. The minimum absolute atomic E-state index is 0.0356. The highest BCUT2D eigenvalue weighted by atomic mass is 16.4. The molecule has 0 unspecified atom stereocenters. The Balaban J connectivity index is 1.21. The van der Waals surface area contributed by atoms with Crippen LogP contribution in [0.4, 0.5) is 0 Å². The molecule has 0 radical (unpaired) electrons. The molecule has 8 aromatic rings. The van der Waals surface area contributed by atoms with Crippen LogP contribution in [-0.4, -0.2) is 25.1 Å². The van der Waals surface area contributed by atoms with Crippen molar-refractivity contribution in [2.45, 2.75) is 12.8 Å². The number of hydrogen-bond acceptors (Lipinski definition) is 3. The van der Waals surface area contributed by atoms with Gasteiger partial charge < -0.3 is 19.4 Å². The molecule has 0 fully saturated rings. The van der Waals surface area contributed by atoms with E-state index < -0.39 is 0 Å². The average Bonchev–Trinajstić information content (AvgIpc) is 3.79. The molecule has 0 bridgehead atoms. The van der Waals surface area contributed by atoms with E-state index in [0.29, 0.717) is 11.8 Å². The number of rotatable bonds is 5. The third-order valence-electron chi connectivity index (χ3n) is 7.89. The predicted molar refractivity (Wildman–Crippen MR) is 159 cm³/mol. The standard InChI is InChI=1S/C34H25N5O/c1-20-31(25-10-4-7-13-30(25)37-20)34-39-38-33(40-34)22-16-14-21(15-17-22)32(26-18-35-28-11-5-2-8-23(26)28)27-19-36-29-12-6-3-9-24(27)29/h2-19,32,35-37H,1H3. The van der Waals surface area contributed by atoms with E-state index in [1.165, 1.54) is 27.5 Å². The van der Waals surface area contributed by atoms with E-state index in [4.69, 9.17) is 4.42 Å². The summed E-state index contributed by atoms with van der Waals surface area (Å²) >= 11 is 0. The van der Waals surface area contributed by atoms with Gasteiger partial charge in [-0.2, -0.15) is 0 Å². The molecule has 8 rings (SSSR count). The number of nitrogens with zero attached hydrogens (tertiary/aromatic N) is 2. The van der Waals surface area contributed by atoms with E-state index >= 15 is 0 Å². The third kappa shape index (κ3) is 3.50. The highest BCUT2D eigenvalue weighted by Crippen LogP contribution is 2.40. The maximum atomic E-state index is 6.21. The number of nitrogens with one attached hydrogen (secondary N) is 3. The lowest BCUT2D eigenvalue weighted by Gasteiger charge is -2.17. The smallest absolute Gasteiger partial charge is 0.250 e. The molecule has 6 nitrogen and oxygen atoms in total. The molecule has 40 heavy (non-hydrogen) atoms. The van der Waals surface area contributed by atoms with Crippen LogP contribution in [-0.2, 0) is 0 Å². The van der Waals surface area contributed by atoms with Crippen LogP contribution in [0.15, 0.2) is 114 Å². The maximum Gasteiger partial charge on any atom is 0.250 e. The molecule has 0 amide bonds. The van der Waals surface area contributed by atoms with Gasteiger partial charge in [-0.25, -0.2) is 0 Å². The van der Waals surface area contributed by atoms with E-state index in [9.17, 15) is 0 Å². The van der Waals surface area contributed by atoms with Crippen LogP contribution in [0, 0.1) is 6.92 Å². The minimum atomic E-state index is 0.0356. The van der Waals surface area contributed by atoms with Gasteiger partial charge in [0.15, 0.2) is 0 Å². The van der Waals surface area contributed by atoms with Gasteiger partial charge in [0.2, 0.25) is 5.89 Å². The van der Waals surface area contributed by atoms with Crippen molar-refractivity contribution in [1.29, 1.82) is 0 Å². The van der Waals surface area contributed by atoms with Crippen LogP contribution < -0.4 is 0 Å². The number of aromatic amines is 3. The second kappa shape index (κ2) is 8.85. The first-order valence-corrected chi connectivity index (χ1v) is 13.4. The van der Waals surface area contributed by atoms with Crippen molar-refractivity contribution in [3.63, 3.8) is 0 Å². The summed E-state index contributed by atoms with van der Waals surface area (Å²) in [6, 6.07) is 33.6. The first kappa shape index (κ1) is 22.6. The van der Waals surface area contributed by atoms with Crippen molar-refractivity contribution in [1.82, 2.24) is 25.1 Å². The van der Waals surface area contributed by atoms with Gasteiger partial charge in [-0.1, -0.05) is 66.7 Å². The maximum absolute atomic E-state index is 6.21. The second-order valence-electron chi connectivity index (χ2n) is 10.2. The number of aromatic nitrogens is 5. The molecule has 4 aromatic heterocycles. The fourth-order valence-electron chi connectivity index (χ4n) is 6.00. The molecule has 0 atom stereocenters. The van der Waals surface area contributed by atoms with E-state index in [-0.39, 0.29) is 5.92 Å². The summed E-state index contributed by atoms with van der Waals surface area (Å²) in [6.07, 6.45) is 4.28. The quantitative estimate of drug-likeness (QED) is 0.214. The van der Waals surface area contributed by atoms with Gasteiger partial charge in [0, 0.05) is 62.3 Å². The van der Waals surface area contributed by atoms with Crippen LogP contribution in [0.5, 0.6) is 0 Å². The Morgan fingerprint density at radius 3 is 1.80 bits per heavy atom. The lowest BCUT2D eigenvalue weighted by Crippen LogP contribution is -2.02. The molecule has 4 aromatic carbocycles. The fourth-order valence-corrected chi connectivity index (χ4v) is 6.00.